The van der Waals surface area contributed by atoms with Gasteiger partial charge in [-0.15, -0.1) is 0 Å². The molecular weight excluding hydrogens is 300 g/mol. The number of aryl methyl sites for hydroxylation is 1. The second kappa shape index (κ2) is 5.85. The van der Waals surface area contributed by atoms with Gasteiger partial charge in [0.15, 0.2) is 6.10 Å². The van der Waals surface area contributed by atoms with Gasteiger partial charge in [-0.1, -0.05) is 18.2 Å². The Morgan fingerprint density at radius 2 is 2.04 bits per heavy atom. The van der Waals surface area contributed by atoms with E-state index >= 15 is 0 Å². The van der Waals surface area contributed by atoms with Crippen molar-refractivity contribution in [3.05, 3.63) is 46.2 Å². The zero-order valence-electron chi connectivity index (χ0n) is 12.6. The molecule has 120 valence electrons. The van der Waals surface area contributed by atoms with E-state index in [0.29, 0.717) is 17.4 Å². The largest absolute Gasteiger partial charge is 0.479 e. The average molecular weight is 316 g/mol. The molecule has 1 aromatic heterocycles. The quantitative estimate of drug-likeness (QED) is 0.870. The first kappa shape index (κ1) is 15.2. The smallest absolute Gasteiger partial charge is 0.334 e. The van der Waals surface area contributed by atoms with Gasteiger partial charge in [0.1, 0.15) is 0 Å². The maximum Gasteiger partial charge on any atom is 0.334 e. The third-order valence-electron chi connectivity index (χ3n) is 4.01. The number of carboxylic acids is 1. The number of aromatic nitrogens is 1. The van der Waals surface area contributed by atoms with Crippen molar-refractivity contribution in [1.82, 2.24) is 9.47 Å². The van der Waals surface area contributed by atoms with Gasteiger partial charge < -0.3 is 19.3 Å². The number of rotatable bonds is 2. The summed E-state index contributed by atoms with van der Waals surface area (Å²) in [7, 11) is 1.65. The van der Waals surface area contributed by atoms with Gasteiger partial charge in [-0.3, -0.25) is 9.59 Å². The molecule has 1 fully saturated rings. The van der Waals surface area contributed by atoms with Crippen LogP contribution < -0.4 is 5.56 Å². The molecule has 2 heterocycles. The van der Waals surface area contributed by atoms with Gasteiger partial charge in [-0.25, -0.2) is 4.79 Å². The van der Waals surface area contributed by atoms with E-state index in [1.165, 1.54) is 15.5 Å². The fourth-order valence-corrected chi connectivity index (χ4v) is 2.74. The predicted octanol–water partition coefficient (Wildman–Crippen LogP) is 0.464. The highest BCUT2D eigenvalue weighted by Gasteiger charge is 2.30. The number of aliphatic carboxylic acids is 1. The lowest BCUT2D eigenvalue weighted by atomic mass is 10.1. The van der Waals surface area contributed by atoms with Crippen molar-refractivity contribution in [1.29, 1.82) is 0 Å². The van der Waals surface area contributed by atoms with E-state index in [2.05, 4.69) is 0 Å². The van der Waals surface area contributed by atoms with Gasteiger partial charge >= 0.3 is 5.97 Å². The van der Waals surface area contributed by atoms with Gasteiger partial charge in [0, 0.05) is 25.0 Å². The molecule has 0 aliphatic carbocycles. The van der Waals surface area contributed by atoms with Crippen LogP contribution in [0.2, 0.25) is 0 Å². The summed E-state index contributed by atoms with van der Waals surface area (Å²) in [6.07, 6.45) is -1.04. The van der Waals surface area contributed by atoms with Crippen molar-refractivity contribution in [2.75, 3.05) is 19.7 Å². The molecule has 3 rings (SSSR count). The molecule has 1 aromatic carbocycles. The molecule has 1 saturated heterocycles. The molecule has 1 unspecified atom stereocenters. The van der Waals surface area contributed by atoms with Crippen LogP contribution in [0, 0.1) is 0 Å². The van der Waals surface area contributed by atoms with Gasteiger partial charge in [0.05, 0.1) is 24.2 Å². The summed E-state index contributed by atoms with van der Waals surface area (Å²) in [5, 5.41) is 9.71. The Morgan fingerprint density at radius 3 is 2.78 bits per heavy atom. The van der Waals surface area contributed by atoms with Crippen molar-refractivity contribution in [3.8, 4) is 0 Å². The van der Waals surface area contributed by atoms with Crippen LogP contribution in [0.1, 0.15) is 10.4 Å². The maximum absolute atomic E-state index is 12.8. The third-order valence-corrected chi connectivity index (χ3v) is 4.01. The van der Waals surface area contributed by atoms with Crippen LogP contribution in [0.25, 0.3) is 10.9 Å². The Balaban J connectivity index is 2.03. The number of carbonyl (C=O) groups is 2. The van der Waals surface area contributed by atoms with Crippen LogP contribution in [-0.4, -0.2) is 52.3 Å². The van der Waals surface area contributed by atoms with Crippen LogP contribution in [0.4, 0.5) is 0 Å². The number of hydrogen-bond acceptors (Lipinski definition) is 4. The average Bonchev–Trinajstić information content (AvgIpc) is 2.57. The number of morpholine rings is 1. The number of benzene rings is 1. The molecule has 7 nitrogen and oxygen atoms in total. The first-order chi connectivity index (χ1) is 11.0. The molecule has 1 N–H and O–H groups in total. The minimum absolute atomic E-state index is 0.0301. The molecule has 0 bridgehead atoms. The van der Waals surface area contributed by atoms with E-state index in [9.17, 15) is 14.4 Å². The van der Waals surface area contributed by atoms with E-state index in [1.807, 2.05) is 0 Å². The van der Waals surface area contributed by atoms with Crippen LogP contribution >= 0.6 is 0 Å². The molecule has 0 spiro atoms. The minimum atomic E-state index is -1.10. The first-order valence-electron chi connectivity index (χ1n) is 7.21. The number of para-hydroxylation sites is 1. The van der Waals surface area contributed by atoms with E-state index in [-0.39, 0.29) is 30.2 Å². The number of amides is 1. The summed E-state index contributed by atoms with van der Waals surface area (Å²) >= 11 is 0. The third kappa shape index (κ3) is 2.70. The topological polar surface area (TPSA) is 88.8 Å². The monoisotopic (exact) mass is 316 g/mol. The Bertz CT molecular complexity index is 842. The molecule has 1 atom stereocenters. The van der Waals surface area contributed by atoms with Crippen LogP contribution in [0.15, 0.2) is 35.1 Å². The lowest BCUT2D eigenvalue weighted by Crippen LogP contribution is -2.48. The van der Waals surface area contributed by atoms with E-state index in [1.54, 1.807) is 31.3 Å². The summed E-state index contributed by atoms with van der Waals surface area (Å²) in [4.78, 5) is 37.3. The van der Waals surface area contributed by atoms with Gasteiger partial charge in [-0.2, -0.15) is 0 Å². The number of ether oxygens (including phenoxy) is 1. The first-order valence-corrected chi connectivity index (χ1v) is 7.21. The Labute approximate surface area is 131 Å². The zero-order chi connectivity index (χ0) is 16.6. The Hall–Kier alpha value is -2.67. The molecule has 1 amide bonds. The standard InChI is InChI=1S/C16H16N2O5/c1-17-12-5-3-2-4-10(12)11(8-14(17)19)15(20)18-6-7-23-13(9-18)16(21)22/h2-5,8,13H,6-7,9H2,1H3,(H,21,22). The van der Waals surface area contributed by atoms with E-state index in [4.69, 9.17) is 9.84 Å². The number of pyridine rings is 1. The molecular formula is C16H16N2O5. The molecule has 1 aliphatic rings. The zero-order valence-corrected chi connectivity index (χ0v) is 12.6. The highest BCUT2D eigenvalue weighted by molar-refractivity contribution is 6.06. The SMILES string of the molecule is Cn1c(=O)cc(C(=O)N2CCOC(C(=O)O)C2)c2ccccc21. The van der Waals surface area contributed by atoms with Gasteiger partial charge in [0.2, 0.25) is 0 Å². The van der Waals surface area contributed by atoms with E-state index < -0.39 is 12.1 Å². The highest BCUT2D eigenvalue weighted by atomic mass is 16.5. The van der Waals surface area contributed by atoms with Gasteiger partial charge in [0.25, 0.3) is 11.5 Å². The summed E-state index contributed by atoms with van der Waals surface area (Å²) in [6.45, 7) is 0.426. The molecule has 0 saturated carbocycles. The summed E-state index contributed by atoms with van der Waals surface area (Å²) in [5.41, 5.74) is 0.663. The molecule has 0 radical (unpaired) electrons. The second-order valence-corrected chi connectivity index (χ2v) is 5.42. The molecule has 23 heavy (non-hydrogen) atoms. The predicted molar refractivity (Wildman–Crippen MR) is 82.5 cm³/mol. The fraction of sp³-hybridized carbons (Fsp3) is 0.312. The lowest BCUT2D eigenvalue weighted by Gasteiger charge is -2.31. The normalized spacial score (nSPS) is 18.1. The fourth-order valence-electron chi connectivity index (χ4n) is 2.74. The van der Waals surface area contributed by atoms with Crippen molar-refractivity contribution in [2.24, 2.45) is 7.05 Å². The minimum Gasteiger partial charge on any atom is -0.479 e. The Kier molecular flexibility index (Phi) is 3.87. The Morgan fingerprint density at radius 1 is 1.30 bits per heavy atom. The number of carbonyl (C=O) groups excluding carboxylic acids is 1. The summed E-state index contributed by atoms with van der Waals surface area (Å²) in [5.74, 6) is -1.45. The summed E-state index contributed by atoms with van der Waals surface area (Å²) in [6, 6.07) is 8.44. The van der Waals surface area contributed by atoms with Crippen LogP contribution in [0.5, 0.6) is 0 Å². The van der Waals surface area contributed by atoms with Gasteiger partial charge in [-0.05, 0) is 6.07 Å². The van der Waals surface area contributed by atoms with Crippen molar-refractivity contribution in [3.63, 3.8) is 0 Å². The van der Waals surface area contributed by atoms with Crippen LogP contribution in [0.3, 0.4) is 0 Å². The molecule has 2 aromatic rings. The number of carboxylic acid groups (broad SMARTS) is 1. The van der Waals surface area contributed by atoms with Crippen molar-refractivity contribution < 1.29 is 19.4 Å². The second-order valence-electron chi connectivity index (χ2n) is 5.42. The highest BCUT2D eigenvalue weighted by Crippen LogP contribution is 2.19. The van der Waals surface area contributed by atoms with E-state index in [0.717, 1.165) is 0 Å². The molecule has 1 aliphatic heterocycles. The molecule has 7 heteroatoms. The summed E-state index contributed by atoms with van der Waals surface area (Å²) < 4.78 is 6.60. The van der Waals surface area contributed by atoms with Crippen molar-refractivity contribution >= 4 is 22.8 Å². The number of nitrogens with zero attached hydrogens (tertiary/aromatic N) is 2. The lowest BCUT2D eigenvalue weighted by molar-refractivity contribution is -0.154. The number of fused-ring (bicyclic) bond motifs is 1. The van der Waals surface area contributed by atoms with Crippen molar-refractivity contribution in [2.45, 2.75) is 6.10 Å². The number of hydrogen-bond donors (Lipinski definition) is 1. The maximum atomic E-state index is 12.8. The van der Waals surface area contributed by atoms with Crippen LogP contribution in [-0.2, 0) is 16.6 Å².